The highest BCUT2D eigenvalue weighted by Gasteiger charge is 2.16. The van der Waals surface area contributed by atoms with Gasteiger partial charge in [0.25, 0.3) is 0 Å². The van der Waals surface area contributed by atoms with E-state index in [1.807, 2.05) is 42.9 Å². The van der Waals surface area contributed by atoms with E-state index < -0.39 is 5.82 Å². The number of halogens is 2. The molecular weight excluding hydrogens is 415 g/mol. The summed E-state index contributed by atoms with van der Waals surface area (Å²) in [4.78, 5) is 18.5. The Morgan fingerprint density at radius 1 is 1.16 bits per heavy atom. The molecule has 2 heterocycles. The second kappa shape index (κ2) is 8.49. The number of imidazole rings is 1. The zero-order valence-electron chi connectivity index (χ0n) is 17.5. The molecule has 1 N–H and O–H groups in total. The standard InChI is InChI=1S/C24H22ClFN4O/c1-15(31)28-22-11-18(19-7-5-4-6-17(19)13-29(2)3)14-30-23(12-27-24(22)30)16-8-9-21(26)20(25)10-16/h4-12,14H,13H2,1-3H3,(H,28,31). The Hall–Kier alpha value is -3.22. The van der Waals surface area contributed by atoms with Gasteiger partial charge in [-0.25, -0.2) is 9.37 Å². The van der Waals surface area contributed by atoms with Gasteiger partial charge >= 0.3 is 0 Å². The van der Waals surface area contributed by atoms with Gasteiger partial charge < -0.3 is 10.2 Å². The average molecular weight is 437 g/mol. The number of amides is 1. The molecular formula is C24H22ClFN4O. The average Bonchev–Trinajstić information content (AvgIpc) is 3.14. The summed E-state index contributed by atoms with van der Waals surface area (Å²) < 4.78 is 15.6. The summed E-state index contributed by atoms with van der Waals surface area (Å²) in [5, 5.41) is 2.93. The largest absolute Gasteiger partial charge is 0.323 e. The number of nitrogens with one attached hydrogen (secondary N) is 1. The first-order chi connectivity index (χ1) is 14.8. The molecule has 2 aromatic carbocycles. The van der Waals surface area contributed by atoms with E-state index in [-0.39, 0.29) is 10.9 Å². The van der Waals surface area contributed by atoms with Crippen molar-refractivity contribution in [3.63, 3.8) is 0 Å². The third-order valence-corrected chi connectivity index (χ3v) is 5.24. The van der Waals surface area contributed by atoms with Crippen LogP contribution in [0.5, 0.6) is 0 Å². The van der Waals surface area contributed by atoms with Crippen molar-refractivity contribution in [3.05, 3.63) is 77.3 Å². The maximum Gasteiger partial charge on any atom is 0.221 e. The van der Waals surface area contributed by atoms with Crippen molar-refractivity contribution in [1.29, 1.82) is 0 Å². The van der Waals surface area contributed by atoms with Gasteiger partial charge in [0.1, 0.15) is 5.82 Å². The molecule has 7 heteroatoms. The van der Waals surface area contributed by atoms with E-state index in [1.165, 1.54) is 13.0 Å². The number of nitrogens with zero attached hydrogens (tertiary/aromatic N) is 3. The molecule has 0 radical (unpaired) electrons. The minimum absolute atomic E-state index is 0.0435. The topological polar surface area (TPSA) is 49.6 Å². The van der Waals surface area contributed by atoms with Crippen LogP contribution in [0.1, 0.15) is 12.5 Å². The third kappa shape index (κ3) is 4.31. The van der Waals surface area contributed by atoms with Crippen molar-refractivity contribution >= 4 is 28.8 Å². The number of pyridine rings is 1. The molecule has 0 fully saturated rings. The Morgan fingerprint density at radius 2 is 1.94 bits per heavy atom. The molecule has 0 spiro atoms. The van der Waals surface area contributed by atoms with Gasteiger partial charge in [0, 0.05) is 30.8 Å². The molecule has 0 unspecified atom stereocenters. The maximum atomic E-state index is 13.7. The zero-order chi connectivity index (χ0) is 22.1. The fourth-order valence-electron chi connectivity index (χ4n) is 3.67. The van der Waals surface area contributed by atoms with E-state index in [0.717, 1.165) is 34.5 Å². The van der Waals surface area contributed by atoms with Crippen molar-refractivity contribution in [2.45, 2.75) is 13.5 Å². The Kier molecular flexibility index (Phi) is 5.76. The minimum Gasteiger partial charge on any atom is -0.323 e. The number of benzene rings is 2. The predicted octanol–water partition coefficient (Wildman–Crippen LogP) is 5.48. The molecule has 0 saturated heterocycles. The molecule has 0 aliphatic carbocycles. The summed E-state index contributed by atoms with van der Waals surface area (Å²) in [5.41, 5.74) is 5.82. The Morgan fingerprint density at radius 3 is 2.65 bits per heavy atom. The van der Waals surface area contributed by atoms with Crippen molar-refractivity contribution in [2.24, 2.45) is 0 Å². The highest BCUT2D eigenvalue weighted by atomic mass is 35.5. The minimum atomic E-state index is -0.475. The Labute approximate surface area is 185 Å². The van der Waals surface area contributed by atoms with E-state index >= 15 is 0 Å². The zero-order valence-corrected chi connectivity index (χ0v) is 18.2. The molecule has 1 amide bonds. The quantitative estimate of drug-likeness (QED) is 0.450. The molecule has 0 atom stereocenters. The van der Waals surface area contributed by atoms with Crippen LogP contribution in [0.2, 0.25) is 5.02 Å². The fraction of sp³-hybridized carbons (Fsp3) is 0.167. The van der Waals surface area contributed by atoms with Crippen LogP contribution in [-0.2, 0) is 11.3 Å². The highest BCUT2D eigenvalue weighted by molar-refractivity contribution is 6.31. The summed E-state index contributed by atoms with van der Waals surface area (Å²) in [7, 11) is 4.05. The first kappa shape index (κ1) is 21.0. The second-order valence-electron chi connectivity index (χ2n) is 7.68. The normalized spacial score (nSPS) is 11.3. The predicted molar refractivity (Wildman–Crippen MR) is 123 cm³/mol. The van der Waals surface area contributed by atoms with Crippen molar-refractivity contribution in [1.82, 2.24) is 14.3 Å². The molecule has 0 bridgehead atoms. The van der Waals surface area contributed by atoms with Gasteiger partial charge in [-0.2, -0.15) is 0 Å². The van der Waals surface area contributed by atoms with Crippen molar-refractivity contribution < 1.29 is 9.18 Å². The fourth-order valence-corrected chi connectivity index (χ4v) is 3.85. The lowest BCUT2D eigenvalue weighted by molar-refractivity contribution is -0.114. The van der Waals surface area contributed by atoms with E-state index in [4.69, 9.17) is 11.6 Å². The molecule has 31 heavy (non-hydrogen) atoms. The Bertz CT molecular complexity index is 1280. The van der Waals surface area contributed by atoms with Crippen LogP contribution in [0.4, 0.5) is 10.1 Å². The van der Waals surface area contributed by atoms with Crippen LogP contribution in [0.3, 0.4) is 0 Å². The summed E-state index contributed by atoms with van der Waals surface area (Å²) in [6.45, 7) is 2.24. The van der Waals surface area contributed by atoms with Gasteiger partial charge in [-0.1, -0.05) is 35.9 Å². The summed E-state index contributed by atoms with van der Waals surface area (Å²) in [6, 6.07) is 14.7. The van der Waals surface area contributed by atoms with Gasteiger partial charge in [-0.3, -0.25) is 9.20 Å². The number of carbonyl (C=O) groups is 1. The number of anilines is 1. The van der Waals surface area contributed by atoms with E-state index in [1.54, 1.807) is 18.3 Å². The smallest absolute Gasteiger partial charge is 0.221 e. The summed E-state index contributed by atoms with van der Waals surface area (Å²) >= 11 is 6.01. The van der Waals surface area contributed by atoms with Gasteiger partial charge in [0.15, 0.2) is 5.65 Å². The SMILES string of the molecule is CC(=O)Nc1cc(-c2ccccc2CN(C)C)cn2c(-c3ccc(F)c(Cl)c3)cnc12. The lowest BCUT2D eigenvalue weighted by atomic mass is 10.00. The molecule has 0 aliphatic heterocycles. The molecule has 5 nitrogen and oxygen atoms in total. The lowest BCUT2D eigenvalue weighted by Crippen LogP contribution is -2.12. The number of aromatic nitrogens is 2. The molecule has 4 rings (SSSR count). The van der Waals surface area contributed by atoms with Crippen LogP contribution in [0.15, 0.2) is 60.9 Å². The van der Waals surface area contributed by atoms with E-state index in [2.05, 4.69) is 27.3 Å². The first-order valence-corrected chi connectivity index (χ1v) is 10.2. The first-order valence-electron chi connectivity index (χ1n) is 9.80. The molecule has 0 saturated carbocycles. The number of hydrogen-bond donors (Lipinski definition) is 1. The van der Waals surface area contributed by atoms with Crippen LogP contribution in [-0.4, -0.2) is 34.3 Å². The van der Waals surface area contributed by atoms with Gasteiger partial charge in [-0.05, 0) is 49.5 Å². The summed E-state index contributed by atoms with van der Waals surface area (Å²) in [6.07, 6.45) is 3.68. The van der Waals surface area contributed by atoms with E-state index in [0.29, 0.717) is 11.3 Å². The number of rotatable bonds is 5. The molecule has 0 aliphatic rings. The van der Waals surface area contributed by atoms with Crippen LogP contribution in [0.25, 0.3) is 28.0 Å². The number of carbonyl (C=O) groups excluding carboxylic acids is 1. The van der Waals surface area contributed by atoms with Crippen molar-refractivity contribution in [2.75, 3.05) is 19.4 Å². The molecule has 2 aromatic heterocycles. The monoisotopic (exact) mass is 436 g/mol. The van der Waals surface area contributed by atoms with Gasteiger partial charge in [0.05, 0.1) is 22.6 Å². The van der Waals surface area contributed by atoms with Crippen LogP contribution in [0, 0.1) is 5.82 Å². The van der Waals surface area contributed by atoms with Crippen LogP contribution >= 0.6 is 11.6 Å². The second-order valence-corrected chi connectivity index (χ2v) is 8.09. The van der Waals surface area contributed by atoms with Gasteiger partial charge in [-0.15, -0.1) is 0 Å². The van der Waals surface area contributed by atoms with Crippen LogP contribution < -0.4 is 5.32 Å². The molecule has 158 valence electrons. The number of hydrogen-bond acceptors (Lipinski definition) is 3. The number of fused-ring (bicyclic) bond motifs is 1. The third-order valence-electron chi connectivity index (χ3n) is 4.95. The summed E-state index contributed by atoms with van der Waals surface area (Å²) in [5.74, 6) is -0.661. The highest BCUT2D eigenvalue weighted by Crippen LogP contribution is 2.33. The Balaban J connectivity index is 1.95. The van der Waals surface area contributed by atoms with Gasteiger partial charge in [0.2, 0.25) is 5.91 Å². The van der Waals surface area contributed by atoms with Crippen molar-refractivity contribution in [3.8, 4) is 22.4 Å². The molecule has 4 aromatic rings. The maximum absolute atomic E-state index is 13.7. The van der Waals surface area contributed by atoms with E-state index in [9.17, 15) is 9.18 Å². The lowest BCUT2D eigenvalue weighted by Gasteiger charge is -2.16.